The molecular formula is C19H23N5. The predicted octanol–water partition coefficient (Wildman–Crippen LogP) is 4.68. The number of unbranched alkanes of at least 4 members (excludes halogenated alkanes) is 2. The molecule has 24 heavy (non-hydrogen) atoms. The van der Waals surface area contributed by atoms with E-state index in [4.69, 9.17) is 0 Å². The molecule has 3 rings (SSSR count). The van der Waals surface area contributed by atoms with Gasteiger partial charge in [0.05, 0.1) is 11.2 Å². The average molecular weight is 321 g/mol. The number of nitrogens with zero attached hydrogens (tertiary/aromatic N) is 3. The van der Waals surface area contributed by atoms with Crippen LogP contribution in [0, 0.1) is 6.92 Å². The molecule has 0 aliphatic carbocycles. The predicted molar refractivity (Wildman–Crippen MR) is 99.8 cm³/mol. The summed E-state index contributed by atoms with van der Waals surface area (Å²) < 4.78 is 0. The van der Waals surface area contributed by atoms with E-state index in [2.05, 4.69) is 32.5 Å². The molecule has 0 radical (unpaired) electrons. The topological polar surface area (TPSA) is 62.7 Å². The van der Waals surface area contributed by atoms with Gasteiger partial charge in [0.2, 0.25) is 5.95 Å². The fourth-order valence-corrected chi connectivity index (χ4v) is 2.63. The molecule has 0 spiro atoms. The quantitative estimate of drug-likeness (QED) is 0.619. The molecule has 3 aromatic rings. The lowest BCUT2D eigenvalue weighted by atomic mass is 10.2. The summed E-state index contributed by atoms with van der Waals surface area (Å²) in [5.41, 5.74) is 2.76. The number of rotatable bonds is 7. The number of aryl methyl sites for hydroxylation is 1. The highest BCUT2D eigenvalue weighted by Crippen LogP contribution is 2.23. The second-order valence-corrected chi connectivity index (χ2v) is 5.86. The smallest absolute Gasteiger partial charge is 0.229 e. The summed E-state index contributed by atoms with van der Waals surface area (Å²) in [6.07, 6.45) is 5.39. The lowest BCUT2D eigenvalue weighted by Gasteiger charge is -2.11. The van der Waals surface area contributed by atoms with Crippen molar-refractivity contribution < 1.29 is 0 Å². The third kappa shape index (κ3) is 3.98. The van der Waals surface area contributed by atoms with Gasteiger partial charge < -0.3 is 10.6 Å². The van der Waals surface area contributed by atoms with Gasteiger partial charge in [-0.1, -0.05) is 38.0 Å². The zero-order valence-electron chi connectivity index (χ0n) is 14.2. The zero-order chi connectivity index (χ0) is 16.8. The van der Waals surface area contributed by atoms with Gasteiger partial charge in [0, 0.05) is 29.9 Å². The van der Waals surface area contributed by atoms with E-state index in [-0.39, 0.29) is 0 Å². The van der Waals surface area contributed by atoms with Gasteiger partial charge in [-0.2, -0.15) is 4.98 Å². The van der Waals surface area contributed by atoms with Crippen LogP contribution in [0.3, 0.4) is 0 Å². The molecule has 2 N–H and O–H groups in total. The lowest BCUT2D eigenvalue weighted by Crippen LogP contribution is -2.07. The first-order valence-electron chi connectivity index (χ1n) is 8.46. The summed E-state index contributed by atoms with van der Waals surface area (Å²) in [6.45, 7) is 5.11. The van der Waals surface area contributed by atoms with Crippen LogP contribution in [0.2, 0.25) is 0 Å². The lowest BCUT2D eigenvalue weighted by molar-refractivity contribution is 0.742. The van der Waals surface area contributed by atoms with Gasteiger partial charge in [-0.25, -0.2) is 4.98 Å². The van der Waals surface area contributed by atoms with Crippen molar-refractivity contribution in [2.75, 3.05) is 17.2 Å². The van der Waals surface area contributed by atoms with Gasteiger partial charge in [0.1, 0.15) is 5.82 Å². The van der Waals surface area contributed by atoms with Crippen LogP contribution in [0.15, 0.2) is 42.6 Å². The Kier molecular flexibility index (Phi) is 5.21. The molecule has 0 saturated heterocycles. The summed E-state index contributed by atoms with van der Waals surface area (Å²) >= 11 is 0. The van der Waals surface area contributed by atoms with Gasteiger partial charge in [0.15, 0.2) is 0 Å². The van der Waals surface area contributed by atoms with Crippen LogP contribution in [0.5, 0.6) is 0 Å². The minimum Gasteiger partial charge on any atom is -0.370 e. The molecule has 0 fully saturated rings. The van der Waals surface area contributed by atoms with Crippen LogP contribution < -0.4 is 10.6 Å². The second kappa shape index (κ2) is 7.73. The van der Waals surface area contributed by atoms with Crippen molar-refractivity contribution in [1.29, 1.82) is 0 Å². The van der Waals surface area contributed by atoms with E-state index in [0.717, 1.165) is 41.1 Å². The van der Waals surface area contributed by atoms with Crippen LogP contribution >= 0.6 is 0 Å². The molecule has 0 unspecified atom stereocenters. The maximum Gasteiger partial charge on any atom is 0.229 e. The van der Waals surface area contributed by atoms with E-state index in [0.29, 0.717) is 5.95 Å². The molecule has 0 atom stereocenters. The maximum absolute atomic E-state index is 4.57. The number of fused-ring (bicyclic) bond motifs is 1. The fourth-order valence-electron chi connectivity index (χ4n) is 2.63. The van der Waals surface area contributed by atoms with Crippen molar-refractivity contribution in [3.05, 3.63) is 48.3 Å². The molecule has 0 bridgehead atoms. The number of aromatic nitrogens is 3. The standard InChI is InChI=1S/C19H23N5/c1-3-4-5-11-20-17-13-14(2)22-19(24-17)23-16-10-6-8-15-9-7-12-21-18(15)16/h6-10,12-13H,3-5,11H2,1-2H3,(H2,20,22,23,24). The molecule has 0 aliphatic heterocycles. The van der Waals surface area contributed by atoms with Gasteiger partial charge in [-0.05, 0) is 25.5 Å². The summed E-state index contributed by atoms with van der Waals surface area (Å²) in [6, 6.07) is 12.0. The molecule has 0 amide bonds. The van der Waals surface area contributed by atoms with E-state index in [1.165, 1.54) is 12.8 Å². The number of pyridine rings is 1. The second-order valence-electron chi connectivity index (χ2n) is 5.86. The van der Waals surface area contributed by atoms with E-state index in [1.54, 1.807) is 6.20 Å². The van der Waals surface area contributed by atoms with Crippen molar-refractivity contribution in [3.63, 3.8) is 0 Å². The first-order valence-corrected chi connectivity index (χ1v) is 8.46. The van der Waals surface area contributed by atoms with Gasteiger partial charge in [-0.3, -0.25) is 4.98 Å². The first-order chi connectivity index (χ1) is 11.8. The molecule has 124 valence electrons. The minimum atomic E-state index is 0.589. The minimum absolute atomic E-state index is 0.589. The average Bonchev–Trinajstić information content (AvgIpc) is 2.59. The van der Waals surface area contributed by atoms with Crippen LogP contribution in [0.4, 0.5) is 17.5 Å². The fraction of sp³-hybridized carbons (Fsp3) is 0.316. The molecule has 5 nitrogen and oxygen atoms in total. The van der Waals surface area contributed by atoms with Crippen molar-refractivity contribution in [2.24, 2.45) is 0 Å². The highest BCUT2D eigenvalue weighted by atomic mass is 15.1. The molecule has 5 heteroatoms. The van der Waals surface area contributed by atoms with Gasteiger partial charge >= 0.3 is 0 Å². The van der Waals surface area contributed by atoms with Crippen molar-refractivity contribution >= 4 is 28.4 Å². The van der Waals surface area contributed by atoms with Crippen LogP contribution in [0.1, 0.15) is 31.9 Å². The molecule has 0 saturated carbocycles. The van der Waals surface area contributed by atoms with E-state index < -0.39 is 0 Å². The summed E-state index contributed by atoms with van der Waals surface area (Å²) in [7, 11) is 0. The van der Waals surface area contributed by atoms with Crippen LogP contribution in [0.25, 0.3) is 10.9 Å². The monoisotopic (exact) mass is 321 g/mol. The first kappa shape index (κ1) is 16.2. The Morgan fingerprint density at radius 2 is 1.92 bits per heavy atom. The van der Waals surface area contributed by atoms with Crippen LogP contribution in [-0.2, 0) is 0 Å². The molecule has 2 heterocycles. The van der Waals surface area contributed by atoms with Crippen molar-refractivity contribution in [2.45, 2.75) is 33.1 Å². The Labute approximate surface area is 142 Å². The van der Waals surface area contributed by atoms with E-state index in [9.17, 15) is 0 Å². The molecule has 1 aromatic carbocycles. The number of anilines is 3. The van der Waals surface area contributed by atoms with Gasteiger partial charge in [-0.15, -0.1) is 0 Å². The maximum atomic E-state index is 4.57. The highest BCUT2D eigenvalue weighted by Gasteiger charge is 2.06. The normalized spacial score (nSPS) is 10.8. The third-order valence-electron chi connectivity index (χ3n) is 3.82. The van der Waals surface area contributed by atoms with Crippen LogP contribution in [-0.4, -0.2) is 21.5 Å². The number of nitrogens with one attached hydrogen (secondary N) is 2. The molecular weight excluding hydrogens is 298 g/mol. The van der Waals surface area contributed by atoms with Crippen molar-refractivity contribution in [3.8, 4) is 0 Å². The zero-order valence-corrected chi connectivity index (χ0v) is 14.2. The third-order valence-corrected chi connectivity index (χ3v) is 3.82. The van der Waals surface area contributed by atoms with Crippen molar-refractivity contribution in [1.82, 2.24) is 15.0 Å². The highest BCUT2D eigenvalue weighted by molar-refractivity contribution is 5.91. The molecule has 0 aliphatic rings. The number of benzene rings is 1. The van der Waals surface area contributed by atoms with E-state index >= 15 is 0 Å². The molecule has 2 aromatic heterocycles. The Balaban J connectivity index is 1.80. The number of para-hydroxylation sites is 1. The van der Waals surface area contributed by atoms with E-state index in [1.807, 2.05) is 43.3 Å². The number of hydrogen-bond acceptors (Lipinski definition) is 5. The Morgan fingerprint density at radius 3 is 2.79 bits per heavy atom. The Morgan fingerprint density at radius 1 is 1.04 bits per heavy atom. The SMILES string of the molecule is CCCCCNc1cc(C)nc(Nc2cccc3cccnc23)n1. The summed E-state index contributed by atoms with van der Waals surface area (Å²) in [5, 5.41) is 7.77. The summed E-state index contributed by atoms with van der Waals surface area (Å²) in [4.78, 5) is 13.5. The largest absolute Gasteiger partial charge is 0.370 e. The van der Waals surface area contributed by atoms with Gasteiger partial charge in [0.25, 0.3) is 0 Å². The Hall–Kier alpha value is -2.69. The Bertz CT molecular complexity index is 810. The number of hydrogen-bond donors (Lipinski definition) is 2. The summed E-state index contributed by atoms with van der Waals surface area (Å²) in [5.74, 6) is 1.44.